The molecule has 6 heteroatoms. The maximum absolute atomic E-state index is 7.04. The van der Waals surface area contributed by atoms with Crippen LogP contribution in [0.25, 0.3) is 99.2 Å². The summed E-state index contributed by atoms with van der Waals surface area (Å²) in [6.07, 6.45) is 0. The van der Waals surface area contributed by atoms with E-state index in [0.717, 1.165) is 38.7 Å². The molecule has 0 fully saturated rings. The Hall–Kier alpha value is -6.08. The summed E-state index contributed by atoms with van der Waals surface area (Å²) in [5.41, 5.74) is 15.5. The molecule has 0 N–H and O–H groups in total. The van der Waals surface area contributed by atoms with Crippen LogP contribution in [-0.2, 0) is 0 Å². The van der Waals surface area contributed by atoms with Gasteiger partial charge in [0.05, 0.1) is 32.8 Å². The van der Waals surface area contributed by atoms with Gasteiger partial charge in [-0.15, -0.1) is 0 Å². The van der Waals surface area contributed by atoms with Crippen molar-refractivity contribution < 1.29 is 4.42 Å². The minimum atomic E-state index is 0.290. The van der Waals surface area contributed by atoms with Crippen molar-refractivity contribution in [2.75, 3.05) is 0 Å². The van der Waals surface area contributed by atoms with E-state index in [2.05, 4.69) is 173 Å². The molecule has 0 unspecified atom stereocenters. The number of aromatic nitrogens is 2. The van der Waals surface area contributed by atoms with Crippen molar-refractivity contribution in [3.63, 3.8) is 0 Å². The van der Waals surface area contributed by atoms with E-state index in [1.54, 1.807) is 0 Å². The standard InChI is InChI=1S/C48H27BN2OS2/c1-2-14-28(15-3-1)50-37-21-9-4-18-32(37)42-46-43(48-44(47(42)50)34-20-6-11-23-39(34)52-48)33-19-5-10-22-38(33)51(46)29-26-35-30-16-7-12-24-40(30)53-49-45(35)36(27-29)31-17-8-13-25-41(31)54-49/h1-27H. The van der Waals surface area contributed by atoms with Gasteiger partial charge in [0.15, 0.2) is 0 Å². The molecule has 0 amide bonds. The molecule has 0 atom stereocenters. The number of hydrogen-bond donors (Lipinski definition) is 0. The molecule has 0 bridgehead atoms. The summed E-state index contributed by atoms with van der Waals surface area (Å²) in [7, 11) is 0. The molecule has 3 aromatic heterocycles. The maximum atomic E-state index is 7.04. The first-order valence-electron chi connectivity index (χ1n) is 18.4. The van der Waals surface area contributed by atoms with Crippen LogP contribution in [0.5, 0.6) is 0 Å². The van der Waals surface area contributed by atoms with Crippen LogP contribution >= 0.6 is 23.2 Å². The first kappa shape index (κ1) is 29.4. The maximum Gasteiger partial charge on any atom is 0.318 e. The molecule has 0 radical (unpaired) electrons. The molecule has 0 spiro atoms. The Labute approximate surface area is 318 Å². The van der Waals surface area contributed by atoms with Crippen molar-refractivity contribution in [3.05, 3.63) is 164 Å². The third-order valence-corrected chi connectivity index (χ3v) is 14.2. The number of rotatable bonds is 2. The van der Waals surface area contributed by atoms with Gasteiger partial charge in [-0.1, -0.05) is 109 Å². The molecule has 0 saturated carbocycles. The summed E-state index contributed by atoms with van der Waals surface area (Å²) in [5, 5.41) is 7.36. The van der Waals surface area contributed by atoms with E-state index in [0.29, 0.717) is 0 Å². The zero-order chi connectivity index (χ0) is 35.1. The van der Waals surface area contributed by atoms with Crippen LogP contribution in [0.4, 0.5) is 0 Å². The Morgan fingerprint density at radius 1 is 0.426 bits per heavy atom. The van der Waals surface area contributed by atoms with Gasteiger partial charge in [-0.3, -0.25) is 0 Å². The minimum absolute atomic E-state index is 0.290. The molecule has 11 aromatic rings. The van der Waals surface area contributed by atoms with Crippen molar-refractivity contribution in [1.29, 1.82) is 0 Å². The van der Waals surface area contributed by atoms with E-state index >= 15 is 0 Å². The number of furan rings is 1. The first-order chi connectivity index (χ1) is 26.8. The summed E-state index contributed by atoms with van der Waals surface area (Å²) in [6.45, 7) is 0. The van der Waals surface area contributed by atoms with Crippen molar-refractivity contribution in [3.8, 4) is 33.6 Å². The number of para-hydroxylation sites is 4. The lowest BCUT2D eigenvalue weighted by Gasteiger charge is -2.32. The van der Waals surface area contributed by atoms with Gasteiger partial charge in [0.1, 0.15) is 11.2 Å². The molecular weight excluding hydrogens is 695 g/mol. The third kappa shape index (κ3) is 3.76. The SMILES string of the molecule is c1ccc(-n2c3ccccc3c3c4c(c5ccccc5n4-c4cc5c6c(c4)-c4ccccc4SB6Sc4ccccc4-5)c4oc5ccccc5c4c32)cc1. The average molecular weight is 723 g/mol. The molecule has 8 aromatic carbocycles. The highest BCUT2D eigenvalue weighted by Gasteiger charge is 2.37. The monoisotopic (exact) mass is 722 g/mol. The Balaban J connectivity index is 1.29. The predicted octanol–water partition coefficient (Wildman–Crippen LogP) is 13.0. The first-order valence-corrected chi connectivity index (χ1v) is 20.1. The Kier molecular flexibility index (Phi) is 5.85. The lowest BCUT2D eigenvalue weighted by atomic mass is 9.77. The molecule has 54 heavy (non-hydrogen) atoms. The van der Waals surface area contributed by atoms with Crippen LogP contribution in [0.15, 0.2) is 178 Å². The van der Waals surface area contributed by atoms with Gasteiger partial charge in [-0.25, -0.2) is 0 Å². The highest BCUT2D eigenvalue weighted by Crippen LogP contribution is 2.52. The van der Waals surface area contributed by atoms with Gasteiger partial charge < -0.3 is 13.6 Å². The molecule has 13 rings (SSSR count). The predicted molar refractivity (Wildman–Crippen MR) is 230 cm³/mol. The highest BCUT2D eigenvalue weighted by molar-refractivity contribution is 8.56. The molecule has 0 saturated heterocycles. The summed E-state index contributed by atoms with van der Waals surface area (Å²) in [4.78, 5) is 2.68. The van der Waals surface area contributed by atoms with Crippen LogP contribution in [0.2, 0.25) is 0 Å². The summed E-state index contributed by atoms with van der Waals surface area (Å²) < 4.78 is 12.0. The van der Waals surface area contributed by atoms with Crippen molar-refractivity contribution >= 4 is 99.5 Å². The molecule has 5 heterocycles. The topological polar surface area (TPSA) is 23.0 Å². The summed E-state index contributed by atoms with van der Waals surface area (Å²) >= 11 is 3.97. The molecule has 250 valence electrons. The lowest BCUT2D eigenvalue weighted by molar-refractivity contribution is 0.673. The van der Waals surface area contributed by atoms with E-state index in [9.17, 15) is 0 Å². The Morgan fingerprint density at radius 2 is 0.926 bits per heavy atom. The van der Waals surface area contributed by atoms with Gasteiger partial charge in [0.25, 0.3) is 0 Å². The van der Waals surface area contributed by atoms with E-state index in [1.165, 1.54) is 75.7 Å². The van der Waals surface area contributed by atoms with Crippen molar-refractivity contribution in [2.45, 2.75) is 9.79 Å². The zero-order valence-electron chi connectivity index (χ0n) is 28.8. The largest absolute Gasteiger partial charge is 0.455 e. The fourth-order valence-electron chi connectivity index (χ4n) is 9.42. The quantitative estimate of drug-likeness (QED) is 0.166. The Bertz CT molecular complexity index is 3340. The molecule has 3 nitrogen and oxygen atoms in total. The van der Waals surface area contributed by atoms with Crippen LogP contribution in [0.1, 0.15) is 0 Å². The van der Waals surface area contributed by atoms with Crippen LogP contribution in [-0.4, -0.2) is 14.4 Å². The van der Waals surface area contributed by atoms with E-state index in [1.807, 2.05) is 23.2 Å². The highest BCUT2D eigenvalue weighted by atomic mass is 32.2. The molecule has 0 aliphatic carbocycles. The second-order valence-electron chi connectivity index (χ2n) is 14.3. The van der Waals surface area contributed by atoms with Gasteiger partial charge in [-0.2, -0.15) is 23.2 Å². The number of fused-ring (bicyclic) bond motifs is 16. The number of nitrogens with zero attached hydrogens (tertiary/aromatic N) is 2. The molecular formula is C48H27BN2OS2. The normalized spacial score (nSPS) is 13.4. The van der Waals surface area contributed by atoms with Crippen LogP contribution < -0.4 is 5.46 Å². The van der Waals surface area contributed by atoms with Crippen LogP contribution in [0.3, 0.4) is 0 Å². The second kappa shape index (κ2) is 10.8. The smallest absolute Gasteiger partial charge is 0.318 e. The third-order valence-electron chi connectivity index (χ3n) is 11.5. The van der Waals surface area contributed by atoms with Gasteiger partial charge >= 0.3 is 5.27 Å². The lowest BCUT2D eigenvalue weighted by Crippen LogP contribution is -2.33. The number of hydrogen-bond acceptors (Lipinski definition) is 3. The minimum Gasteiger partial charge on any atom is -0.455 e. The second-order valence-corrected chi connectivity index (χ2v) is 16.9. The van der Waals surface area contributed by atoms with Gasteiger partial charge in [-0.05, 0) is 82.3 Å². The van der Waals surface area contributed by atoms with Crippen molar-refractivity contribution in [1.82, 2.24) is 9.13 Å². The Morgan fingerprint density at radius 3 is 1.59 bits per heavy atom. The summed E-state index contributed by atoms with van der Waals surface area (Å²) in [6, 6.07) is 60.0. The van der Waals surface area contributed by atoms with Crippen LogP contribution in [0, 0.1) is 0 Å². The van der Waals surface area contributed by atoms with Gasteiger partial charge in [0.2, 0.25) is 0 Å². The number of benzene rings is 8. The molecule has 2 aliphatic heterocycles. The summed E-state index contributed by atoms with van der Waals surface area (Å²) in [5.74, 6) is 0. The fourth-order valence-corrected chi connectivity index (χ4v) is 12.4. The zero-order valence-corrected chi connectivity index (χ0v) is 30.4. The van der Waals surface area contributed by atoms with Crippen molar-refractivity contribution in [2.24, 2.45) is 0 Å². The van der Waals surface area contributed by atoms with E-state index in [-0.39, 0.29) is 5.27 Å². The van der Waals surface area contributed by atoms with Gasteiger partial charge in [0, 0.05) is 42.7 Å². The average Bonchev–Trinajstić information content (AvgIpc) is 3.89. The fraction of sp³-hybridized carbons (Fsp3) is 0. The van der Waals surface area contributed by atoms with E-state index in [4.69, 9.17) is 4.42 Å². The van der Waals surface area contributed by atoms with E-state index < -0.39 is 0 Å². The molecule has 2 aliphatic rings.